The van der Waals surface area contributed by atoms with Crippen molar-refractivity contribution in [2.24, 2.45) is 4.99 Å². The second-order valence-electron chi connectivity index (χ2n) is 3.20. The highest BCUT2D eigenvalue weighted by Crippen LogP contribution is 2.33. The average molecular weight is 271 g/mol. The fraction of sp³-hybridized carbons (Fsp3) is 0.222. The minimum atomic E-state index is -1.16. The molecule has 0 saturated heterocycles. The summed E-state index contributed by atoms with van der Waals surface area (Å²) in [5.74, 6) is 0. The molecule has 0 aromatic heterocycles. The summed E-state index contributed by atoms with van der Waals surface area (Å²) in [5, 5.41) is 20.4. The number of halogens is 1. The first kappa shape index (κ1) is 10.3. The number of hydrogen-bond donors (Lipinski definition) is 1. The van der Waals surface area contributed by atoms with Gasteiger partial charge in [0.25, 0.3) is 6.04 Å². The van der Waals surface area contributed by atoms with Crippen molar-refractivity contribution >= 4 is 27.8 Å². The minimum Gasteiger partial charge on any atom is -0.381 e. The maximum atomic E-state index is 10.6. The molecule has 5 nitrogen and oxygen atoms in total. The van der Waals surface area contributed by atoms with E-state index in [0.717, 1.165) is 4.47 Å². The van der Waals surface area contributed by atoms with Crippen LogP contribution in [0.3, 0.4) is 0 Å². The summed E-state index contributed by atoms with van der Waals surface area (Å²) >= 11 is 3.24. The van der Waals surface area contributed by atoms with Crippen molar-refractivity contribution in [1.82, 2.24) is 0 Å². The van der Waals surface area contributed by atoms with E-state index in [4.69, 9.17) is 0 Å². The van der Waals surface area contributed by atoms with Gasteiger partial charge in [0.2, 0.25) is 0 Å². The first-order valence-corrected chi connectivity index (χ1v) is 5.04. The minimum absolute atomic E-state index is 0.480. The van der Waals surface area contributed by atoms with Crippen molar-refractivity contribution in [3.05, 3.63) is 38.3 Å². The number of rotatable bonds is 1. The molecule has 0 fully saturated rings. The molecule has 0 amide bonds. The molecule has 1 heterocycles. The Bertz CT molecular complexity index is 447. The van der Waals surface area contributed by atoms with Crippen molar-refractivity contribution in [3.8, 4) is 0 Å². The summed E-state index contributed by atoms with van der Waals surface area (Å²) in [7, 11) is 0. The molecule has 78 valence electrons. The second-order valence-corrected chi connectivity index (χ2v) is 4.12. The first-order valence-electron chi connectivity index (χ1n) is 4.25. The topological polar surface area (TPSA) is 75.7 Å². The Labute approximate surface area is 93.7 Å². The van der Waals surface area contributed by atoms with Crippen LogP contribution in [-0.2, 0) is 0 Å². The molecular formula is C9H7BrN2O3. The zero-order valence-electron chi connectivity index (χ0n) is 7.50. The number of fused-ring (bicyclic) bond motifs is 1. The van der Waals surface area contributed by atoms with Crippen LogP contribution >= 0.6 is 15.9 Å². The zero-order valence-corrected chi connectivity index (χ0v) is 9.09. The molecule has 6 heteroatoms. The van der Waals surface area contributed by atoms with Crippen LogP contribution in [0.5, 0.6) is 0 Å². The number of hydrogen-bond acceptors (Lipinski definition) is 4. The Kier molecular flexibility index (Phi) is 2.54. The van der Waals surface area contributed by atoms with Crippen LogP contribution in [0.15, 0.2) is 27.7 Å². The number of aliphatic hydroxyl groups excluding tert-OH is 1. The van der Waals surface area contributed by atoms with Crippen molar-refractivity contribution in [2.45, 2.75) is 12.1 Å². The number of nitrogens with zero attached hydrogens (tertiary/aromatic N) is 2. The lowest BCUT2D eigenvalue weighted by Crippen LogP contribution is -2.30. The Balaban J connectivity index is 2.48. The third-order valence-corrected chi connectivity index (χ3v) is 2.73. The van der Waals surface area contributed by atoms with Gasteiger partial charge >= 0.3 is 0 Å². The monoisotopic (exact) mass is 270 g/mol. The molecule has 0 bridgehead atoms. The molecule has 1 aliphatic heterocycles. The standard InChI is InChI=1S/C9H7BrN2O3/c10-5-1-2-7-6(3-5)9(13)8(4-11-7)12(14)15/h1-4,8-9,13H. The third-order valence-electron chi connectivity index (χ3n) is 2.24. The summed E-state index contributed by atoms with van der Waals surface area (Å²) < 4.78 is 0.763. The SMILES string of the molecule is O=[N+]([O-])C1C=Nc2ccc(Br)cc2C1O. The van der Waals surface area contributed by atoms with Gasteiger partial charge in [0.1, 0.15) is 0 Å². The largest absolute Gasteiger partial charge is 0.381 e. The Morgan fingerprint density at radius 1 is 1.53 bits per heavy atom. The summed E-state index contributed by atoms with van der Waals surface area (Å²) in [5.41, 5.74) is 1.05. The van der Waals surface area contributed by atoms with E-state index in [2.05, 4.69) is 20.9 Å². The van der Waals surface area contributed by atoms with Crippen LogP contribution in [0.4, 0.5) is 5.69 Å². The molecular weight excluding hydrogens is 264 g/mol. The van der Waals surface area contributed by atoms with E-state index in [1.54, 1.807) is 18.2 Å². The van der Waals surface area contributed by atoms with E-state index >= 15 is 0 Å². The Morgan fingerprint density at radius 3 is 2.93 bits per heavy atom. The van der Waals surface area contributed by atoms with Gasteiger partial charge in [-0.2, -0.15) is 0 Å². The third kappa shape index (κ3) is 1.78. The average Bonchev–Trinajstić information content (AvgIpc) is 2.19. The molecule has 1 aromatic rings. The number of nitro groups is 1. The molecule has 0 radical (unpaired) electrons. The fourth-order valence-electron chi connectivity index (χ4n) is 1.47. The summed E-state index contributed by atoms with van der Waals surface area (Å²) in [6.45, 7) is 0. The van der Waals surface area contributed by atoms with Crippen LogP contribution in [0, 0.1) is 10.1 Å². The maximum absolute atomic E-state index is 10.6. The van der Waals surface area contributed by atoms with E-state index in [1.807, 2.05) is 0 Å². The molecule has 15 heavy (non-hydrogen) atoms. The summed E-state index contributed by atoms with van der Waals surface area (Å²) in [6, 6.07) is 3.96. The predicted octanol–water partition coefficient (Wildman–Crippen LogP) is 1.84. The molecule has 1 N–H and O–H groups in total. The van der Waals surface area contributed by atoms with Gasteiger partial charge in [-0.15, -0.1) is 0 Å². The number of aliphatic imine (C=N–C) groups is 1. The van der Waals surface area contributed by atoms with Crippen molar-refractivity contribution in [2.75, 3.05) is 0 Å². The lowest BCUT2D eigenvalue weighted by molar-refractivity contribution is -0.514. The fourth-order valence-corrected chi connectivity index (χ4v) is 1.85. The van der Waals surface area contributed by atoms with E-state index in [9.17, 15) is 15.2 Å². The predicted molar refractivity (Wildman–Crippen MR) is 58.0 cm³/mol. The molecule has 0 spiro atoms. The van der Waals surface area contributed by atoms with E-state index in [1.165, 1.54) is 6.21 Å². The summed E-state index contributed by atoms with van der Waals surface area (Å²) in [6.07, 6.45) is 0.0333. The van der Waals surface area contributed by atoms with Gasteiger partial charge in [-0.05, 0) is 18.2 Å². The van der Waals surface area contributed by atoms with Gasteiger partial charge in [-0.25, -0.2) is 0 Å². The van der Waals surface area contributed by atoms with Crippen molar-refractivity contribution in [1.29, 1.82) is 0 Å². The smallest absolute Gasteiger partial charge is 0.277 e. The molecule has 1 aromatic carbocycles. The highest BCUT2D eigenvalue weighted by molar-refractivity contribution is 9.10. The van der Waals surface area contributed by atoms with Gasteiger partial charge in [0, 0.05) is 15.0 Å². The van der Waals surface area contributed by atoms with Crippen LogP contribution in [0.1, 0.15) is 11.7 Å². The molecule has 2 rings (SSSR count). The first-order chi connectivity index (χ1) is 7.09. The molecule has 0 aliphatic carbocycles. The van der Waals surface area contributed by atoms with Gasteiger partial charge < -0.3 is 5.11 Å². The zero-order chi connectivity index (χ0) is 11.0. The highest BCUT2D eigenvalue weighted by atomic mass is 79.9. The highest BCUT2D eigenvalue weighted by Gasteiger charge is 2.34. The van der Waals surface area contributed by atoms with Gasteiger partial charge in [-0.1, -0.05) is 15.9 Å². The second kappa shape index (κ2) is 3.71. The molecule has 1 aliphatic rings. The lowest BCUT2D eigenvalue weighted by atomic mass is 9.99. The van der Waals surface area contributed by atoms with Crippen LogP contribution in [0.25, 0.3) is 0 Å². The van der Waals surface area contributed by atoms with E-state index in [0.29, 0.717) is 11.3 Å². The van der Waals surface area contributed by atoms with Gasteiger partial charge in [0.05, 0.1) is 11.9 Å². The van der Waals surface area contributed by atoms with Crippen LogP contribution in [0.2, 0.25) is 0 Å². The Morgan fingerprint density at radius 2 is 2.27 bits per heavy atom. The van der Waals surface area contributed by atoms with E-state index in [-0.39, 0.29) is 0 Å². The van der Waals surface area contributed by atoms with Crippen molar-refractivity contribution < 1.29 is 10.0 Å². The lowest BCUT2D eigenvalue weighted by Gasteiger charge is -2.19. The van der Waals surface area contributed by atoms with Crippen molar-refractivity contribution in [3.63, 3.8) is 0 Å². The van der Waals surface area contributed by atoms with Gasteiger partial charge in [0.15, 0.2) is 6.10 Å². The normalized spacial score (nSPS) is 23.6. The number of benzene rings is 1. The molecule has 2 atom stereocenters. The molecule has 2 unspecified atom stereocenters. The number of aliphatic hydroxyl groups is 1. The Hall–Kier alpha value is -1.27. The van der Waals surface area contributed by atoms with Gasteiger partial charge in [-0.3, -0.25) is 15.1 Å². The summed E-state index contributed by atoms with van der Waals surface area (Å²) in [4.78, 5) is 14.0. The molecule has 0 saturated carbocycles. The van der Waals surface area contributed by atoms with Crippen LogP contribution in [-0.4, -0.2) is 22.3 Å². The van der Waals surface area contributed by atoms with E-state index < -0.39 is 17.1 Å². The quantitative estimate of drug-likeness (QED) is 0.625. The van der Waals surface area contributed by atoms with Crippen LogP contribution < -0.4 is 0 Å². The maximum Gasteiger partial charge on any atom is 0.277 e.